The molecule has 1 heterocycles. The first-order valence-electron chi connectivity index (χ1n) is 9.39. The third-order valence-electron chi connectivity index (χ3n) is 4.35. The number of carboxylic acids is 1. The molecule has 2 aromatic rings. The van der Waals surface area contributed by atoms with Crippen LogP contribution in [0.4, 0.5) is 4.79 Å². The predicted octanol–water partition coefficient (Wildman–Crippen LogP) is 2.95. The SMILES string of the molecule is CCOc1cc(/C=C2/NC(=O)N(Cc3ccc(C)cc3)C2=O)ccc1OCC(=O)O. The van der Waals surface area contributed by atoms with Crippen LogP contribution in [0, 0.1) is 6.92 Å². The summed E-state index contributed by atoms with van der Waals surface area (Å²) in [4.78, 5) is 36.9. The second-order valence-corrected chi connectivity index (χ2v) is 6.69. The van der Waals surface area contributed by atoms with Gasteiger partial charge in [-0.05, 0) is 43.2 Å². The van der Waals surface area contributed by atoms with Crippen molar-refractivity contribution in [2.24, 2.45) is 0 Å². The van der Waals surface area contributed by atoms with Gasteiger partial charge in [0.15, 0.2) is 18.1 Å². The first-order chi connectivity index (χ1) is 14.4. The van der Waals surface area contributed by atoms with E-state index in [1.165, 1.54) is 0 Å². The van der Waals surface area contributed by atoms with E-state index in [9.17, 15) is 14.4 Å². The van der Waals surface area contributed by atoms with E-state index in [0.29, 0.717) is 17.9 Å². The molecule has 0 unspecified atom stereocenters. The molecule has 156 valence electrons. The second-order valence-electron chi connectivity index (χ2n) is 6.69. The fraction of sp³-hybridized carbons (Fsp3) is 0.227. The highest BCUT2D eigenvalue weighted by molar-refractivity contribution is 6.13. The average Bonchev–Trinajstić information content (AvgIpc) is 2.96. The number of carboxylic acid groups (broad SMARTS) is 1. The van der Waals surface area contributed by atoms with Crippen LogP contribution in [0.5, 0.6) is 11.5 Å². The van der Waals surface area contributed by atoms with E-state index in [1.807, 2.05) is 31.2 Å². The van der Waals surface area contributed by atoms with Crippen LogP contribution in [0.2, 0.25) is 0 Å². The van der Waals surface area contributed by atoms with Crippen LogP contribution in [0.15, 0.2) is 48.2 Å². The maximum atomic E-state index is 12.7. The molecule has 1 fully saturated rings. The van der Waals surface area contributed by atoms with E-state index >= 15 is 0 Å². The standard InChI is InChI=1S/C22H22N2O6/c1-3-29-19-11-16(8-9-18(19)30-13-20(25)26)10-17-21(27)24(22(28)23-17)12-15-6-4-14(2)5-7-15/h4-11H,3,12-13H2,1-2H3,(H,23,28)(H,25,26)/b17-10+. The highest BCUT2D eigenvalue weighted by Gasteiger charge is 2.33. The minimum absolute atomic E-state index is 0.147. The molecule has 2 N–H and O–H groups in total. The van der Waals surface area contributed by atoms with Crippen LogP contribution in [-0.2, 0) is 16.1 Å². The first kappa shape index (κ1) is 20.9. The van der Waals surface area contributed by atoms with Gasteiger partial charge >= 0.3 is 12.0 Å². The minimum atomic E-state index is -1.10. The molecule has 3 amide bonds. The number of nitrogens with zero attached hydrogens (tertiary/aromatic N) is 1. The van der Waals surface area contributed by atoms with Gasteiger partial charge in [-0.3, -0.25) is 9.69 Å². The topological polar surface area (TPSA) is 105 Å². The van der Waals surface area contributed by atoms with Crippen molar-refractivity contribution in [3.05, 3.63) is 64.9 Å². The molecule has 8 nitrogen and oxygen atoms in total. The number of carbonyl (C=O) groups excluding carboxylic acids is 2. The Morgan fingerprint density at radius 1 is 1.10 bits per heavy atom. The number of aryl methyl sites for hydroxylation is 1. The summed E-state index contributed by atoms with van der Waals surface area (Å²) in [6.07, 6.45) is 1.54. The molecule has 30 heavy (non-hydrogen) atoms. The molecule has 0 spiro atoms. The molecule has 0 radical (unpaired) electrons. The summed E-state index contributed by atoms with van der Waals surface area (Å²) < 4.78 is 10.7. The Bertz CT molecular complexity index is 997. The van der Waals surface area contributed by atoms with Crippen LogP contribution >= 0.6 is 0 Å². The van der Waals surface area contributed by atoms with E-state index in [2.05, 4.69) is 5.32 Å². The lowest BCUT2D eigenvalue weighted by Crippen LogP contribution is -2.30. The molecule has 2 aromatic carbocycles. The molecular formula is C22H22N2O6. The van der Waals surface area contributed by atoms with E-state index in [-0.39, 0.29) is 18.0 Å². The largest absolute Gasteiger partial charge is 0.490 e. The van der Waals surface area contributed by atoms with E-state index in [0.717, 1.165) is 16.0 Å². The maximum absolute atomic E-state index is 12.7. The zero-order valence-electron chi connectivity index (χ0n) is 16.7. The van der Waals surface area contributed by atoms with Gasteiger partial charge in [0.1, 0.15) is 5.70 Å². The van der Waals surface area contributed by atoms with Gasteiger partial charge in [-0.25, -0.2) is 9.59 Å². The van der Waals surface area contributed by atoms with Crippen molar-refractivity contribution < 1.29 is 29.0 Å². The molecule has 3 rings (SSSR count). The van der Waals surface area contributed by atoms with Crippen molar-refractivity contribution in [3.8, 4) is 11.5 Å². The Morgan fingerprint density at radius 2 is 1.83 bits per heavy atom. The summed E-state index contributed by atoms with van der Waals surface area (Å²) >= 11 is 0. The number of aliphatic carboxylic acids is 1. The van der Waals surface area contributed by atoms with Gasteiger partial charge in [-0.15, -0.1) is 0 Å². The van der Waals surface area contributed by atoms with Crippen LogP contribution in [0.1, 0.15) is 23.6 Å². The Balaban J connectivity index is 1.79. The van der Waals surface area contributed by atoms with Gasteiger partial charge in [0.2, 0.25) is 0 Å². The number of hydrogen-bond donors (Lipinski definition) is 2. The third-order valence-corrected chi connectivity index (χ3v) is 4.35. The molecule has 0 atom stereocenters. The van der Waals surface area contributed by atoms with E-state index in [1.54, 1.807) is 31.2 Å². The van der Waals surface area contributed by atoms with Gasteiger partial charge < -0.3 is 19.9 Å². The Kier molecular flexibility index (Phi) is 6.36. The van der Waals surface area contributed by atoms with E-state index in [4.69, 9.17) is 14.6 Å². The minimum Gasteiger partial charge on any atom is -0.490 e. The quantitative estimate of drug-likeness (QED) is 0.512. The molecule has 0 aromatic heterocycles. The summed E-state index contributed by atoms with van der Waals surface area (Å²) in [5.74, 6) is -0.896. The van der Waals surface area contributed by atoms with Crippen molar-refractivity contribution in [3.63, 3.8) is 0 Å². The van der Waals surface area contributed by atoms with Gasteiger partial charge in [-0.2, -0.15) is 0 Å². The molecule has 1 saturated heterocycles. The summed E-state index contributed by atoms with van der Waals surface area (Å²) in [6, 6.07) is 11.9. The fourth-order valence-electron chi connectivity index (χ4n) is 2.90. The van der Waals surface area contributed by atoms with Gasteiger partial charge in [0.25, 0.3) is 5.91 Å². The lowest BCUT2D eigenvalue weighted by Gasteiger charge is -2.12. The number of imide groups is 1. The van der Waals surface area contributed by atoms with Crippen LogP contribution < -0.4 is 14.8 Å². The third kappa shape index (κ3) is 4.96. The number of hydrogen-bond acceptors (Lipinski definition) is 5. The summed E-state index contributed by atoms with van der Waals surface area (Å²) in [7, 11) is 0. The lowest BCUT2D eigenvalue weighted by atomic mass is 10.1. The van der Waals surface area contributed by atoms with Gasteiger partial charge in [0, 0.05) is 0 Å². The summed E-state index contributed by atoms with van der Waals surface area (Å²) in [5, 5.41) is 11.4. The number of benzene rings is 2. The number of ether oxygens (including phenoxy) is 2. The smallest absolute Gasteiger partial charge is 0.341 e. The average molecular weight is 410 g/mol. The highest BCUT2D eigenvalue weighted by atomic mass is 16.5. The molecule has 0 saturated carbocycles. The predicted molar refractivity (Wildman–Crippen MR) is 109 cm³/mol. The summed E-state index contributed by atoms with van der Waals surface area (Å²) in [6.45, 7) is 3.78. The van der Waals surface area contributed by atoms with Crippen molar-refractivity contribution in [2.75, 3.05) is 13.2 Å². The maximum Gasteiger partial charge on any atom is 0.341 e. The van der Waals surface area contributed by atoms with Crippen molar-refractivity contribution >= 4 is 24.0 Å². The monoisotopic (exact) mass is 410 g/mol. The molecule has 1 aliphatic heterocycles. The Labute approximate surface area is 173 Å². The van der Waals surface area contributed by atoms with Crippen molar-refractivity contribution in [1.82, 2.24) is 10.2 Å². The second kappa shape index (κ2) is 9.13. The molecule has 1 aliphatic rings. The Morgan fingerprint density at radius 3 is 2.50 bits per heavy atom. The van der Waals surface area contributed by atoms with Gasteiger partial charge in [0.05, 0.1) is 13.2 Å². The fourth-order valence-corrected chi connectivity index (χ4v) is 2.90. The van der Waals surface area contributed by atoms with Crippen LogP contribution in [-0.4, -0.2) is 41.1 Å². The van der Waals surface area contributed by atoms with Crippen LogP contribution in [0.3, 0.4) is 0 Å². The summed E-state index contributed by atoms with van der Waals surface area (Å²) in [5.41, 5.74) is 2.69. The number of nitrogens with one attached hydrogen (secondary N) is 1. The zero-order chi connectivity index (χ0) is 21.7. The number of amides is 3. The number of urea groups is 1. The van der Waals surface area contributed by atoms with Crippen molar-refractivity contribution in [1.29, 1.82) is 0 Å². The molecule has 0 bridgehead atoms. The normalized spacial score (nSPS) is 14.7. The highest BCUT2D eigenvalue weighted by Crippen LogP contribution is 2.30. The number of rotatable bonds is 8. The van der Waals surface area contributed by atoms with Crippen LogP contribution in [0.25, 0.3) is 6.08 Å². The van der Waals surface area contributed by atoms with Gasteiger partial charge in [-0.1, -0.05) is 35.9 Å². The Hall–Kier alpha value is -3.81. The first-order valence-corrected chi connectivity index (χ1v) is 9.39. The molecular weight excluding hydrogens is 388 g/mol. The van der Waals surface area contributed by atoms with Crippen molar-refractivity contribution in [2.45, 2.75) is 20.4 Å². The zero-order valence-corrected chi connectivity index (χ0v) is 16.7. The lowest BCUT2D eigenvalue weighted by molar-refractivity contribution is -0.139. The molecule has 8 heteroatoms. The molecule has 0 aliphatic carbocycles. The number of carbonyl (C=O) groups is 3. The van der Waals surface area contributed by atoms with E-state index < -0.39 is 24.5 Å².